The monoisotopic (exact) mass is 221 g/mol. The van der Waals surface area contributed by atoms with Crippen LogP contribution in [0.1, 0.15) is 0 Å². The highest BCUT2D eigenvalue weighted by Crippen LogP contribution is 2.25. The van der Waals surface area contributed by atoms with Crippen molar-refractivity contribution in [3.8, 4) is 17.1 Å². The predicted molar refractivity (Wildman–Crippen MR) is 56.8 cm³/mol. The standard InChI is InChI=1S/C10H8ClN3O/c1-15-9-4-7(2-3-13-9)10-8(11)5-12-6-14-10/h2-6H,1H3. The molecule has 0 aliphatic carbocycles. The summed E-state index contributed by atoms with van der Waals surface area (Å²) in [5, 5.41) is 0.505. The third-order valence-corrected chi connectivity index (χ3v) is 2.16. The minimum Gasteiger partial charge on any atom is -0.481 e. The SMILES string of the molecule is COc1cc(-c2ncncc2Cl)ccn1. The molecule has 0 amide bonds. The second-order valence-electron chi connectivity index (χ2n) is 2.81. The summed E-state index contributed by atoms with van der Waals surface area (Å²) < 4.78 is 5.02. The van der Waals surface area contributed by atoms with Gasteiger partial charge in [-0.25, -0.2) is 15.0 Å². The van der Waals surface area contributed by atoms with Gasteiger partial charge in [-0.1, -0.05) is 11.6 Å². The van der Waals surface area contributed by atoms with Gasteiger partial charge in [-0.15, -0.1) is 0 Å². The Morgan fingerprint density at radius 3 is 2.93 bits per heavy atom. The molecule has 0 bridgehead atoms. The number of aromatic nitrogens is 3. The maximum Gasteiger partial charge on any atom is 0.213 e. The number of rotatable bonds is 2. The van der Waals surface area contributed by atoms with Crippen molar-refractivity contribution in [1.29, 1.82) is 0 Å². The van der Waals surface area contributed by atoms with E-state index in [-0.39, 0.29) is 0 Å². The highest BCUT2D eigenvalue weighted by molar-refractivity contribution is 6.32. The lowest BCUT2D eigenvalue weighted by molar-refractivity contribution is 0.398. The number of hydrogen-bond donors (Lipinski definition) is 0. The van der Waals surface area contributed by atoms with Crippen LogP contribution in [0.2, 0.25) is 5.02 Å². The van der Waals surface area contributed by atoms with Crippen molar-refractivity contribution in [2.24, 2.45) is 0 Å². The molecule has 2 rings (SSSR count). The first-order chi connectivity index (χ1) is 7.31. The second-order valence-corrected chi connectivity index (χ2v) is 3.21. The average molecular weight is 222 g/mol. The van der Waals surface area contributed by atoms with E-state index in [1.54, 1.807) is 25.6 Å². The molecule has 4 nitrogen and oxygen atoms in total. The Labute approximate surface area is 91.9 Å². The third-order valence-electron chi connectivity index (χ3n) is 1.89. The zero-order valence-corrected chi connectivity index (χ0v) is 8.77. The van der Waals surface area contributed by atoms with Crippen molar-refractivity contribution in [2.75, 3.05) is 7.11 Å². The molecule has 0 saturated heterocycles. The maximum atomic E-state index is 5.97. The molecule has 0 spiro atoms. The minimum absolute atomic E-state index is 0.505. The normalized spacial score (nSPS) is 10.0. The van der Waals surface area contributed by atoms with E-state index in [0.29, 0.717) is 16.6 Å². The largest absolute Gasteiger partial charge is 0.481 e. The minimum atomic E-state index is 0.505. The first kappa shape index (κ1) is 9.86. The van der Waals surface area contributed by atoms with Crippen molar-refractivity contribution < 1.29 is 4.74 Å². The van der Waals surface area contributed by atoms with E-state index < -0.39 is 0 Å². The van der Waals surface area contributed by atoms with Gasteiger partial charge in [0.15, 0.2) is 0 Å². The van der Waals surface area contributed by atoms with Crippen LogP contribution in [0.4, 0.5) is 0 Å². The summed E-state index contributed by atoms with van der Waals surface area (Å²) in [4.78, 5) is 11.9. The molecule has 0 radical (unpaired) electrons. The fourth-order valence-electron chi connectivity index (χ4n) is 1.19. The smallest absolute Gasteiger partial charge is 0.213 e. The Morgan fingerprint density at radius 1 is 1.33 bits per heavy atom. The lowest BCUT2D eigenvalue weighted by Crippen LogP contribution is -1.90. The van der Waals surface area contributed by atoms with E-state index >= 15 is 0 Å². The molecule has 0 aromatic carbocycles. The molecule has 2 aromatic rings. The van der Waals surface area contributed by atoms with E-state index in [2.05, 4.69) is 15.0 Å². The number of halogens is 1. The summed E-state index contributed by atoms with van der Waals surface area (Å²) in [6.45, 7) is 0. The fourth-order valence-corrected chi connectivity index (χ4v) is 1.41. The number of hydrogen-bond acceptors (Lipinski definition) is 4. The Bertz CT molecular complexity index is 476. The first-order valence-electron chi connectivity index (χ1n) is 4.27. The van der Waals surface area contributed by atoms with Crippen molar-refractivity contribution in [2.45, 2.75) is 0 Å². The molecule has 0 atom stereocenters. The zero-order chi connectivity index (χ0) is 10.7. The highest BCUT2D eigenvalue weighted by atomic mass is 35.5. The Hall–Kier alpha value is -1.68. The van der Waals surface area contributed by atoms with Crippen molar-refractivity contribution in [3.05, 3.63) is 35.9 Å². The Kier molecular flexibility index (Phi) is 2.78. The third kappa shape index (κ3) is 2.05. The van der Waals surface area contributed by atoms with Crippen LogP contribution in [0.3, 0.4) is 0 Å². The molecule has 0 unspecified atom stereocenters. The molecule has 76 valence electrons. The van der Waals surface area contributed by atoms with Gasteiger partial charge >= 0.3 is 0 Å². The molecule has 0 aliphatic rings. The number of methoxy groups -OCH3 is 1. The molecule has 0 fully saturated rings. The topological polar surface area (TPSA) is 47.9 Å². The molecular weight excluding hydrogens is 214 g/mol. The van der Waals surface area contributed by atoms with Crippen LogP contribution < -0.4 is 4.74 Å². The van der Waals surface area contributed by atoms with Gasteiger partial charge in [0.2, 0.25) is 5.88 Å². The summed E-state index contributed by atoms with van der Waals surface area (Å²) in [6, 6.07) is 3.59. The molecular formula is C10H8ClN3O. The van der Waals surface area contributed by atoms with Crippen LogP contribution in [0.15, 0.2) is 30.9 Å². The van der Waals surface area contributed by atoms with Crippen LogP contribution in [-0.2, 0) is 0 Å². The van der Waals surface area contributed by atoms with Gasteiger partial charge in [-0.3, -0.25) is 0 Å². The molecule has 0 saturated carbocycles. The molecule has 2 aromatic heterocycles. The van der Waals surface area contributed by atoms with Crippen LogP contribution in [-0.4, -0.2) is 22.1 Å². The first-order valence-corrected chi connectivity index (χ1v) is 4.65. The van der Waals surface area contributed by atoms with Gasteiger partial charge in [0, 0.05) is 24.0 Å². The molecule has 0 aliphatic heterocycles. The number of ether oxygens (including phenoxy) is 1. The van der Waals surface area contributed by atoms with E-state index in [9.17, 15) is 0 Å². The van der Waals surface area contributed by atoms with Gasteiger partial charge in [0.05, 0.1) is 17.8 Å². The summed E-state index contributed by atoms with van der Waals surface area (Å²) >= 11 is 5.97. The quantitative estimate of drug-likeness (QED) is 0.780. The predicted octanol–water partition coefficient (Wildman–Crippen LogP) is 2.20. The van der Waals surface area contributed by atoms with Crippen LogP contribution in [0.25, 0.3) is 11.3 Å². The van der Waals surface area contributed by atoms with Gasteiger partial charge in [0.25, 0.3) is 0 Å². The number of pyridine rings is 1. The van der Waals surface area contributed by atoms with Crippen LogP contribution >= 0.6 is 11.6 Å². The van der Waals surface area contributed by atoms with Crippen molar-refractivity contribution in [1.82, 2.24) is 15.0 Å². The summed E-state index contributed by atoms with van der Waals surface area (Å²) in [5.74, 6) is 0.530. The lowest BCUT2D eigenvalue weighted by atomic mass is 10.2. The van der Waals surface area contributed by atoms with Crippen LogP contribution in [0, 0.1) is 0 Å². The van der Waals surface area contributed by atoms with E-state index in [4.69, 9.17) is 16.3 Å². The summed E-state index contributed by atoms with van der Waals surface area (Å²) in [5.41, 5.74) is 1.53. The van der Waals surface area contributed by atoms with E-state index in [0.717, 1.165) is 5.56 Å². The lowest BCUT2D eigenvalue weighted by Gasteiger charge is -2.03. The average Bonchev–Trinajstić information content (AvgIpc) is 2.30. The van der Waals surface area contributed by atoms with Crippen molar-refractivity contribution in [3.63, 3.8) is 0 Å². The summed E-state index contributed by atoms with van der Waals surface area (Å²) in [7, 11) is 1.56. The molecule has 15 heavy (non-hydrogen) atoms. The molecule has 0 N–H and O–H groups in total. The van der Waals surface area contributed by atoms with Gasteiger partial charge in [-0.05, 0) is 6.07 Å². The van der Waals surface area contributed by atoms with Crippen molar-refractivity contribution >= 4 is 11.6 Å². The highest BCUT2D eigenvalue weighted by Gasteiger charge is 2.05. The summed E-state index contributed by atoms with van der Waals surface area (Å²) in [6.07, 6.45) is 4.65. The molecule has 2 heterocycles. The number of nitrogens with zero attached hydrogens (tertiary/aromatic N) is 3. The van der Waals surface area contributed by atoms with E-state index in [1.807, 2.05) is 6.07 Å². The molecule has 5 heteroatoms. The fraction of sp³-hybridized carbons (Fsp3) is 0.100. The van der Waals surface area contributed by atoms with Gasteiger partial charge in [0.1, 0.15) is 6.33 Å². The zero-order valence-electron chi connectivity index (χ0n) is 8.01. The van der Waals surface area contributed by atoms with Gasteiger partial charge in [-0.2, -0.15) is 0 Å². The van der Waals surface area contributed by atoms with Gasteiger partial charge < -0.3 is 4.74 Å². The maximum absolute atomic E-state index is 5.97. The Morgan fingerprint density at radius 2 is 2.20 bits per heavy atom. The van der Waals surface area contributed by atoms with E-state index in [1.165, 1.54) is 6.33 Å². The van der Waals surface area contributed by atoms with Crippen LogP contribution in [0.5, 0.6) is 5.88 Å². The second kappa shape index (κ2) is 4.23. The Balaban J connectivity index is 2.49.